The van der Waals surface area contributed by atoms with Crippen LogP contribution in [-0.4, -0.2) is 30.0 Å². The largest absolute Gasteiger partial charge is 0.445 e. The summed E-state index contributed by atoms with van der Waals surface area (Å²) in [6.07, 6.45) is -2.38. The first-order valence-electron chi connectivity index (χ1n) is 5.26. The lowest BCUT2D eigenvalue weighted by Gasteiger charge is -2.03. The van der Waals surface area contributed by atoms with Crippen molar-refractivity contribution in [3.63, 3.8) is 0 Å². The number of rotatable bonds is 7. The molecule has 1 aromatic rings. The molecule has 0 radical (unpaired) electrons. The Hall–Kier alpha value is -0.890. The summed E-state index contributed by atoms with van der Waals surface area (Å²) in [4.78, 5) is 0. The third-order valence-corrected chi connectivity index (χ3v) is 2.76. The van der Waals surface area contributed by atoms with E-state index >= 15 is 0 Å². The molecule has 1 rings (SSSR count). The number of ether oxygens (including phenoxy) is 1. The number of aromatic nitrogens is 2. The molecular formula is C9H14F3N3OS. The molecule has 0 fully saturated rings. The van der Waals surface area contributed by atoms with Crippen LogP contribution in [-0.2, 0) is 10.9 Å². The van der Waals surface area contributed by atoms with Crippen molar-refractivity contribution in [3.8, 4) is 0 Å². The molecule has 0 unspecified atom stereocenters. The molecule has 0 atom stereocenters. The first-order valence-corrected chi connectivity index (χ1v) is 6.08. The van der Waals surface area contributed by atoms with Crippen molar-refractivity contribution in [2.24, 2.45) is 0 Å². The first-order chi connectivity index (χ1) is 8.04. The van der Waals surface area contributed by atoms with E-state index in [2.05, 4.69) is 22.4 Å². The Balaban J connectivity index is 2.21. The van der Waals surface area contributed by atoms with Gasteiger partial charge in [0, 0.05) is 13.2 Å². The van der Waals surface area contributed by atoms with Gasteiger partial charge in [0.2, 0.25) is 10.1 Å². The molecule has 8 heteroatoms. The minimum absolute atomic E-state index is 0.163. The highest BCUT2D eigenvalue weighted by molar-refractivity contribution is 7.15. The molecular weight excluding hydrogens is 255 g/mol. The Bertz CT molecular complexity index is 330. The Morgan fingerprint density at radius 3 is 2.65 bits per heavy atom. The highest BCUT2D eigenvalue weighted by Gasteiger charge is 2.35. The van der Waals surface area contributed by atoms with Crippen LogP contribution in [0.4, 0.5) is 18.3 Å². The van der Waals surface area contributed by atoms with E-state index in [1.807, 2.05) is 0 Å². The lowest BCUT2D eigenvalue weighted by Crippen LogP contribution is -2.09. The quantitative estimate of drug-likeness (QED) is 0.773. The van der Waals surface area contributed by atoms with Gasteiger partial charge in [-0.3, -0.25) is 0 Å². The van der Waals surface area contributed by atoms with Crippen LogP contribution in [0.1, 0.15) is 24.8 Å². The van der Waals surface area contributed by atoms with Gasteiger partial charge in [0.25, 0.3) is 0 Å². The second-order valence-corrected chi connectivity index (χ2v) is 4.28. The molecule has 98 valence electrons. The topological polar surface area (TPSA) is 47.0 Å². The molecule has 1 N–H and O–H groups in total. The van der Waals surface area contributed by atoms with E-state index in [4.69, 9.17) is 4.74 Å². The van der Waals surface area contributed by atoms with Gasteiger partial charge >= 0.3 is 6.18 Å². The smallest absolute Gasteiger partial charge is 0.380 e. The number of hydrogen-bond acceptors (Lipinski definition) is 5. The van der Waals surface area contributed by atoms with Crippen molar-refractivity contribution >= 4 is 16.5 Å². The standard InChI is InChI=1S/C9H14F3N3OS/c1-2-3-5-16-6-4-13-8-15-14-7(17-8)9(10,11)12/h2-6H2,1H3,(H,13,15). The number of anilines is 1. The van der Waals surface area contributed by atoms with Gasteiger partial charge in [0.15, 0.2) is 0 Å². The Kier molecular flexibility index (Phi) is 5.63. The zero-order valence-corrected chi connectivity index (χ0v) is 10.2. The second kappa shape index (κ2) is 6.75. The molecule has 0 amide bonds. The number of nitrogens with zero attached hydrogens (tertiary/aromatic N) is 2. The summed E-state index contributed by atoms with van der Waals surface area (Å²) in [7, 11) is 0. The predicted molar refractivity (Wildman–Crippen MR) is 59.1 cm³/mol. The Morgan fingerprint density at radius 1 is 1.29 bits per heavy atom. The summed E-state index contributed by atoms with van der Waals surface area (Å²) in [5.41, 5.74) is 0. The SMILES string of the molecule is CCCCOCCNc1nnc(C(F)(F)F)s1. The van der Waals surface area contributed by atoms with Crippen LogP contribution in [0.5, 0.6) is 0 Å². The molecule has 0 bridgehead atoms. The number of alkyl halides is 3. The van der Waals surface area contributed by atoms with Crippen LogP contribution >= 0.6 is 11.3 Å². The van der Waals surface area contributed by atoms with E-state index < -0.39 is 11.2 Å². The predicted octanol–water partition coefficient (Wildman–Crippen LogP) is 2.79. The Labute approximate surface area is 101 Å². The lowest BCUT2D eigenvalue weighted by atomic mass is 10.4. The zero-order valence-electron chi connectivity index (χ0n) is 9.38. The van der Waals surface area contributed by atoms with Gasteiger partial charge in [0.1, 0.15) is 0 Å². The molecule has 0 aliphatic rings. The molecule has 0 saturated carbocycles. The van der Waals surface area contributed by atoms with Crippen molar-refractivity contribution in [3.05, 3.63) is 5.01 Å². The van der Waals surface area contributed by atoms with E-state index in [1.54, 1.807) is 0 Å². The minimum Gasteiger partial charge on any atom is -0.380 e. The van der Waals surface area contributed by atoms with Gasteiger partial charge in [-0.05, 0) is 6.42 Å². The molecule has 1 aromatic heterocycles. The number of halogens is 3. The van der Waals surface area contributed by atoms with Crippen molar-refractivity contribution in [2.45, 2.75) is 25.9 Å². The lowest BCUT2D eigenvalue weighted by molar-refractivity contribution is -0.138. The van der Waals surface area contributed by atoms with Gasteiger partial charge in [-0.15, -0.1) is 10.2 Å². The summed E-state index contributed by atoms with van der Waals surface area (Å²) < 4.78 is 41.8. The van der Waals surface area contributed by atoms with Crippen LogP contribution in [0, 0.1) is 0 Å². The Morgan fingerprint density at radius 2 is 2.06 bits per heavy atom. The minimum atomic E-state index is -4.42. The van der Waals surface area contributed by atoms with Crippen LogP contribution in [0.15, 0.2) is 0 Å². The summed E-state index contributed by atoms with van der Waals surface area (Å²) in [5, 5.41) is 8.41. The highest BCUT2D eigenvalue weighted by atomic mass is 32.1. The fourth-order valence-electron chi connectivity index (χ4n) is 0.988. The summed E-state index contributed by atoms with van der Waals surface area (Å²) in [6, 6.07) is 0. The summed E-state index contributed by atoms with van der Waals surface area (Å²) >= 11 is 0.494. The van der Waals surface area contributed by atoms with E-state index in [-0.39, 0.29) is 5.13 Å². The maximum absolute atomic E-state index is 12.2. The third kappa shape index (κ3) is 5.31. The van der Waals surface area contributed by atoms with E-state index in [1.165, 1.54) is 0 Å². The van der Waals surface area contributed by atoms with Crippen molar-refractivity contribution in [1.29, 1.82) is 0 Å². The van der Waals surface area contributed by atoms with Crippen LogP contribution in [0.2, 0.25) is 0 Å². The maximum Gasteiger partial charge on any atom is 0.445 e. The van der Waals surface area contributed by atoms with Crippen LogP contribution in [0.3, 0.4) is 0 Å². The van der Waals surface area contributed by atoms with Gasteiger partial charge < -0.3 is 10.1 Å². The van der Waals surface area contributed by atoms with Crippen LogP contribution in [0.25, 0.3) is 0 Å². The summed E-state index contributed by atoms with van der Waals surface area (Å²) in [6.45, 7) is 3.60. The number of hydrogen-bond donors (Lipinski definition) is 1. The van der Waals surface area contributed by atoms with Gasteiger partial charge in [-0.1, -0.05) is 24.7 Å². The van der Waals surface area contributed by atoms with Crippen LogP contribution < -0.4 is 5.32 Å². The van der Waals surface area contributed by atoms with E-state index in [0.717, 1.165) is 12.8 Å². The van der Waals surface area contributed by atoms with E-state index in [0.29, 0.717) is 31.1 Å². The van der Waals surface area contributed by atoms with Gasteiger partial charge in [0.05, 0.1) is 6.61 Å². The molecule has 0 saturated heterocycles. The van der Waals surface area contributed by atoms with Crippen molar-refractivity contribution < 1.29 is 17.9 Å². The van der Waals surface area contributed by atoms with Crippen molar-refractivity contribution in [1.82, 2.24) is 10.2 Å². The monoisotopic (exact) mass is 269 g/mol. The van der Waals surface area contributed by atoms with E-state index in [9.17, 15) is 13.2 Å². The molecule has 0 aliphatic carbocycles. The molecule has 0 spiro atoms. The average Bonchev–Trinajstić information content (AvgIpc) is 2.71. The molecule has 1 heterocycles. The average molecular weight is 269 g/mol. The fourth-order valence-corrected chi connectivity index (χ4v) is 1.62. The number of nitrogens with one attached hydrogen (secondary N) is 1. The van der Waals surface area contributed by atoms with Crippen molar-refractivity contribution in [2.75, 3.05) is 25.1 Å². The number of unbranched alkanes of at least 4 members (excludes halogenated alkanes) is 1. The maximum atomic E-state index is 12.2. The molecule has 0 aromatic carbocycles. The first kappa shape index (κ1) is 14.2. The zero-order chi connectivity index (χ0) is 12.7. The molecule has 17 heavy (non-hydrogen) atoms. The third-order valence-electron chi connectivity index (χ3n) is 1.83. The second-order valence-electron chi connectivity index (χ2n) is 3.30. The fraction of sp³-hybridized carbons (Fsp3) is 0.778. The molecule has 4 nitrogen and oxygen atoms in total. The normalized spacial score (nSPS) is 11.8. The highest BCUT2D eigenvalue weighted by Crippen LogP contribution is 2.32. The molecule has 0 aliphatic heterocycles. The van der Waals surface area contributed by atoms with Gasteiger partial charge in [-0.2, -0.15) is 13.2 Å². The summed E-state index contributed by atoms with van der Waals surface area (Å²) in [5.74, 6) is 0. The van der Waals surface area contributed by atoms with Gasteiger partial charge in [-0.25, -0.2) is 0 Å².